The summed E-state index contributed by atoms with van der Waals surface area (Å²) in [5, 5.41) is 0. The normalized spacial score (nSPS) is 0. The van der Waals surface area contributed by atoms with Crippen LogP contribution < -0.4 is 0 Å². The molecule has 10 heavy (non-hydrogen) atoms. The molecule has 0 saturated heterocycles. The number of hydrogen-bond acceptors (Lipinski definition) is 3. The molecule has 0 aromatic carbocycles. The van der Waals surface area contributed by atoms with Gasteiger partial charge in [-0.1, -0.05) is 0 Å². The molecule has 0 aliphatic carbocycles. The summed E-state index contributed by atoms with van der Waals surface area (Å²) in [7, 11) is 0. The minimum atomic E-state index is 0. The van der Waals surface area contributed by atoms with E-state index in [0.717, 1.165) is 0 Å². The maximum absolute atomic E-state index is 0. The van der Waals surface area contributed by atoms with E-state index in [4.69, 9.17) is 0 Å². The summed E-state index contributed by atoms with van der Waals surface area (Å²) in [6.07, 6.45) is 0. The van der Waals surface area contributed by atoms with Crippen LogP contribution >= 0.6 is 0 Å². The van der Waals surface area contributed by atoms with Gasteiger partial charge in [-0.05, 0) is 0 Å². The first-order valence-electron chi connectivity index (χ1n) is 0. The van der Waals surface area contributed by atoms with Crippen molar-refractivity contribution < 1.29 is 84.7 Å². The fraction of sp³-hybridized carbons (Fsp3) is 0. The molecule has 0 saturated carbocycles. The molecule has 10 heteroatoms. The van der Waals surface area contributed by atoms with Gasteiger partial charge >= 0.3 is 17.1 Å². The molecule has 0 fully saturated rings. The molecule has 0 aliphatic rings. The van der Waals surface area contributed by atoms with Gasteiger partial charge < -0.3 is 51.4 Å². The SMILES string of the molecule is O.O.[Fe+2].[Fe].[Fe].[Fe].[OH].[S-].[SH-].[SH-]. The van der Waals surface area contributed by atoms with Crippen LogP contribution in [0.3, 0.4) is 0 Å². The molecule has 2 radical (unpaired) electrons. The first kappa shape index (κ1) is 207. The molecule has 0 amide bonds. The van der Waals surface area contributed by atoms with Crippen LogP contribution in [-0.4, -0.2) is 16.4 Å². The van der Waals surface area contributed by atoms with Crippen molar-refractivity contribution in [3.8, 4) is 0 Å². The quantitative estimate of drug-likeness (QED) is 0.291. The van der Waals surface area contributed by atoms with Gasteiger partial charge in [0.25, 0.3) is 0 Å². The number of rotatable bonds is 0. The maximum atomic E-state index is 0. The molecular weight excluding hydrogens is 368 g/mol. The zero-order chi connectivity index (χ0) is 0. The van der Waals surface area contributed by atoms with Gasteiger partial charge in [-0.2, -0.15) is 0 Å². The van der Waals surface area contributed by atoms with Crippen LogP contribution in [0, 0.1) is 0 Å². The second-order valence-electron chi connectivity index (χ2n) is 0. The third-order valence-corrected chi connectivity index (χ3v) is 0. The Kier molecular flexibility index (Phi) is 3330. The summed E-state index contributed by atoms with van der Waals surface area (Å²) in [6, 6.07) is 0. The molecule has 0 heterocycles. The first-order chi connectivity index (χ1) is 0. The van der Waals surface area contributed by atoms with Crippen LogP contribution in [0.25, 0.3) is 0 Å². The molecule has 0 bridgehead atoms. The molecule has 0 rings (SSSR count). The van der Waals surface area contributed by atoms with Crippen LogP contribution in [-0.2, 0) is 109 Å². The van der Waals surface area contributed by atoms with E-state index in [1.165, 1.54) is 0 Å². The molecule has 76 valence electrons. The van der Waals surface area contributed by atoms with Gasteiger partial charge in [0.05, 0.1) is 0 Å². The molecule has 0 spiro atoms. The largest absolute Gasteiger partial charge is 2.00 e. The van der Waals surface area contributed by atoms with E-state index in [9.17, 15) is 0 Å². The van der Waals surface area contributed by atoms with Gasteiger partial charge in [-0.3, -0.25) is 5.48 Å². The zero-order valence-corrected chi connectivity index (χ0v) is 11.2. The Bertz CT molecular complexity index is 15.7. The van der Waals surface area contributed by atoms with Gasteiger partial charge in [0.2, 0.25) is 0 Å². The third-order valence-electron chi connectivity index (χ3n) is 0. The molecule has 0 aromatic heterocycles. The Balaban J connectivity index is 0. The van der Waals surface area contributed by atoms with E-state index in [0.29, 0.717) is 0 Å². The second-order valence-corrected chi connectivity index (χ2v) is 0. The van der Waals surface area contributed by atoms with Crippen molar-refractivity contribution in [2.75, 3.05) is 0 Å². The Hall–Kier alpha value is 3.01. The van der Waals surface area contributed by atoms with Crippen LogP contribution in [0.5, 0.6) is 0 Å². The first-order valence-corrected chi connectivity index (χ1v) is 0. The summed E-state index contributed by atoms with van der Waals surface area (Å²) < 4.78 is 0. The number of hydrogen-bond donors (Lipinski definition) is 1. The topological polar surface area (TPSA) is 93.0 Å². The van der Waals surface area contributed by atoms with Gasteiger partial charge in [-0.15, -0.1) is 0 Å². The predicted molar refractivity (Wildman–Crippen MR) is 34.0 cm³/mol. The van der Waals surface area contributed by atoms with Gasteiger partial charge in [-0.25, -0.2) is 0 Å². The maximum Gasteiger partial charge on any atom is 2.00 e. The summed E-state index contributed by atoms with van der Waals surface area (Å²) in [5.41, 5.74) is 0. The van der Waals surface area contributed by atoms with Crippen molar-refractivity contribution in [1.29, 1.82) is 0 Å². The van der Waals surface area contributed by atoms with Crippen molar-refractivity contribution in [3.63, 3.8) is 0 Å². The Morgan fingerprint density at radius 2 is 0.600 bits per heavy atom. The van der Waals surface area contributed by atoms with Gasteiger partial charge in [0.1, 0.15) is 0 Å². The predicted octanol–water partition coefficient (Wildman–Crippen LogP) is -2.38. The van der Waals surface area contributed by atoms with Crippen molar-refractivity contribution in [2.24, 2.45) is 0 Å². The second kappa shape index (κ2) is 161. The average Bonchev–Trinajstić information content (AvgIpc) is 0. The molecule has 0 unspecified atom stereocenters. The van der Waals surface area contributed by atoms with E-state index >= 15 is 0 Å². The van der Waals surface area contributed by atoms with Crippen molar-refractivity contribution in [1.82, 2.24) is 0 Å². The van der Waals surface area contributed by atoms with Crippen molar-refractivity contribution >= 4 is 40.5 Å². The van der Waals surface area contributed by atoms with Crippen LogP contribution in [0.15, 0.2) is 0 Å². The molecular formula is H7Fe4O3S3-. The van der Waals surface area contributed by atoms with Crippen molar-refractivity contribution in [2.45, 2.75) is 0 Å². The average molecular weight is 375 g/mol. The monoisotopic (exact) mass is 375 g/mol. The smallest absolute Gasteiger partial charge is 1.00 e. The molecule has 0 aromatic rings. The van der Waals surface area contributed by atoms with E-state index in [1.807, 2.05) is 0 Å². The Morgan fingerprint density at radius 3 is 0.600 bits per heavy atom. The van der Waals surface area contributed by atoms with Crippen molar-refractivity contribution in [3.05, 3.63) is 0 Å². The Labute approximate surface area is 124 Å². The third kappa shape index (κ3) is 122. The minimum absolute atomic E-state index is 0. The fourth-order valence-corrected chi connectivity index (χ4v) is 0. The summed E-state index contributed by atoms with van der Waals surface area (Å²) in [5.74, 6) is 0. The summed E-state index contributed by atoms with van der Waals surface area (Å²) >= 11 is 0. The fourth-order valence-electron chi connectivity index (χ4n) is 0. The summed E-state index contributed by atoms with van der Waals surface area (Å²) in [4.78, 5) is 0. The van der Waals surface area contributed by atoms with Crippen LogP contribution in [0.4, 0.5) is 0 Å². The van der Waals surface area contributed by atoms with Gasteiger partial charge in [0, 0.05) is 51.2 Å². The number of thiol groups is 2. The summed E-state index contributed by atoms with van der Waals surface area (Å²) in [6.45, 7) is 0. The van der Waals surface area contributed by atoms with E-state index in [-0.39, 0.29) is 125 Å². The van der Waals surface area contributed by atoms with Crippen LogP contribution in [0.1, 0.15) is 0 Å². The minimum Gasteiger partial charge on any atom is -1.00 e. The van der Waals surface area contributed by atoms with Crippen LogP contribution in [0.2, 0.25) is 0 Å². The van der Waals surface area contributed by atoms with E-state index in [1.54, 1.807) is 0 Å². The Morgan fingerprint density at radius 1 is 0.600 bits per heavy atom. The molecule has 0 atom stereocenters. The van der Waals surface area contributed by atoms with Gasteiger partial charge in [0.15, 0.2) is 0 Å². The molecule has 5 N–H and O–H groups in total. The molecule has 3 nitrogen and oxygen atoms in total. The van der Waals surface area contributed by atoms with E-state index in [2.05, 4.69) is 0 Å². The van der Waals surface area contributed by atoms with E-state index < -0.39 is 0 Å². The zero-order valence-electron chi connectivity index (χ0n) is 4.16. The molecule has 0 aliphatic heterocycles. The standard InChI is InChI=1S/4Fe.2H2O.HO.2H2S.S/h;;;;2*1H2;1H;2*1H2;/q;;;+2;;;;;;-1/p-2.